The summed E-state index contributed by atoms with van der Waals surface area (Å²) in [6.45, 7) is 10.4. The minimum atomic E-state index is -0.323. The Labute approximate surface area is 314 Å². The molecule has 53 heavy (non-hydrogen) atoms. The van der Waals surface area contributed by atoms with Crippen LogP contribution >= 0.6 is 0 Å². The number of hydrogen-bond donors (Lipinski definition) is 1. The lowest BCUT2D eigenvalue weighted by Gasteiger charge is -2.55. The fourth-order valence-electron chi connectivity index (χ4n) is 9.11. The highest BCUT2D eigenvalue weighted by atomic mass is 16.6. The van der Waals surface area contributed by atoms with Gasteiger partial charge in [0, 0.05) is 30.4 Å². The number of likely N-dealkylation sites (tertiary alicyclic amines) is 1. The van der Waals surface area contributed by atoms with Crippen LogP contribution in [0, 0.1) is 18.3 Å². The number of anilines is 1. The zero-order valence-electron chi connectivity index (χ0n) is 32.2. The molecule has 1 aromatic carbocycles. The van der Waals surface area contributed by atoms with Crippen molar-refractivity contribution in [3.8, 4) is 16.9 Å². The Morgan fingerprint density at radius 1 is 0.962 bits per heavy atom. The number of rotatable bonds is 11. The third kappa shape index (κ3) is 7.83. The van der Waals surface area contributed by atoms with Crippen LogP contribution in [0.2, 0.25) is 0 Å². The second-order valence-corrected chi connectivity index (χ2v) is 17.1. The van der Waals surface area contributed by atoms with E-state index in [1.54, 1.807) is 12.0 Å². The van der Waals surface area contributed by atoms with Gasteiger partial charge in [-0.25, -0.2) is 9.78 Å². The number of benzene rings is 1. The number of carbonyl (C=O) groups excluding carboxylic acids is 2. The quantitative estimate of drug-likeness (QED) is 0.224. The first-order valence-electron chi connectivity index (χ1n) is 19.6. The Morgan fingerprint density at radius 3 is 2.30 bits per heavy atom. The van der Waals surface area contributed by atoms with Crippen LogP contribution in [-0.4, -0.2) is 88.9 Å². The standard InChI is InChI=1S/C42H57N5O6/c1-29-22-33(8-11-36(29)51-5)42-16-13-41(14-17-42,15-18-42)28-46(37-23-31(12-19-43-37)32-24-44-47(25-32)40(2,3)4)38(49)30-6-9-34(10-7-30)53-39(50)45-26-35(27-45)52-21-20-48/h8,11-12,19,22-25,30,34-35,48H,6-7,9-10,13-18,20-21,26-28H2,1-5H3. The summed E-state index contributed by atoms with van der Waals surface area (Å²) in [6.07, 6.45) is 14.4. The van der Waals surface area contributed by atoms with Crippen LogP contribution in [0.1, 0.15) is 96.1 Å². The van der Waals surface area contributed by atoms with Crippen LogP contribution in [0.15, 0.2) is 48.9 Å². The van der Waals surface area contributed by atoms with E-state index in [2.05, 4.69) is 63.3 Å². The lowest BCUT2D eigenvalue weighted by atomic mass is 9.51. The lowest BCUT2D eigenvalue weighted by molar-refractivity contribution is -0.125. The van der Waals surface area contributed by atoms with Crippen LogP contribution in [0.4, 0.5) is 10.6 Å². The molecule has 11 heteroatoms. The van der Waals surface area contributed by atoms with Gasteiger partial charge < -0.3 is 24.2 Å². The highest BCUT2D eigenvalue weighted by molar-refractivity contribution is 5.95. The number of aryl methyl sites for hydroxylation is 1. The molecule has 1 aliphatic heterocycles. The normalized spacial score (nSPS) is 25.9. The molecule has 1 saturated heterocycles. The Kier molecular flexibility index (Phi) is 10.6. The second kappa shape index (κ2) is 15.1. The lowest BCUT2D eigenvalue weighted by Crippen LogP contribution is -2.55. The molecule has 2 amide bonds. The Hall–Kier alpha value is -3.96. The first kappa shape index (κ1) is 37.4. The maximum absolute atomic E-state index is 14.7. The van der Waals surface area contributed by atoms with E-state index in [0.717, 1.165) is 55.4 Å². The Bertz CT molecular complexity index is 1740. The van der Waals surface area contributed by atoms with Crippen molar-refractivity contribution in [3.63, 3.8) is 0 Å². The van der Waals surface area contributed by atoms with Crippen LogP contribution < -0.4 is 9.64 Å². The molecule has 0 unspecified atom stereocenters. The van der Waals surface area contributed by atoms with Gasteiger partial charge in [-0.3, -0.25) is 14.4 Å². The smallest absolute Gasteiger partial charge is 0.410 e. The predicted octanol–water partition coefficient (Wildman–Crippen LogP) is 7.03. The number of ether oxygens (including phenoxy) is 3. The number of nitrogens with zero attached hydrogens (tertiary/aromatic N) is 5. The molecule has 0 radical (unpaired) electrons. The van der Waals surface area contributed by atoms with Gasteiger partial charge in [-0.1, -0.05) is 12.1 Å². The highest BCUT2D eigenvalue weighted by Crippen LogP contribution is 2.58. The van der Waals surface area contributed by atoms with Gasteiger partial charge in [0.25, 0.3) is 0 Å². The summed E-state index contributed by atoms with van der Waals surface area (Å²) in [5.74, 6) is 1.59. The molecule has 4 saturated carbocycles. The second-order valence-electron chi connectivity index (χ2n) is 17.1. The van der Waals surface area contributed by atoms with Crippen LogP contribution in [0.25, 0.3) is 11.1 Å². The van der Waals surface area contributed by atoms with Gasteiger partial charge in [0.15, 0.2) is 0 Å². The highest BCUT2D eigenvalue weighted by Gasteiger charge is 2.51. The number of hydrogen-bond acceptors (Lipinski definition) is 8. The molecule has 11 nitrogen and oxygen atoms in total. The van der Waals surface area contributed by atoms with Gasteiger partial charge in [-0.05, 0) is 138 Å². The van der Waals surface area contributed by atoms with Gasteiger partial charge in [0.05, 0.1) is 51.3 Å². The number of fused-ring (bicyclic) bond motifs is 3. The predicted molar refractivity (Wildman–Crippen MR) is 203 cm³/mol. The molecule has 1 N–H and O–H groups in total. The van der Waals surface area contributed by atoms with E-state index >= 15 is 0 Å². The number of carbonyl (C=O) groups is 2. The van der Waals surface area contributed by atoms with E-state index in [1.165, 1.54) is 11.1 Å². The minimum absolute atomic E-state index is 0.0308. The third-order valence-electron chi connectivity index (χ3n) is 12.6. The maximum Gasteiger partial charge on any atom is 0.410 e. The molecule has 2 bridgehead atoms. The Balaban J connectivity index is 1.06. The number of aliphatic hydroxyl groups is 1. The first-order valence-corrected chi connectivity index (χ1v) is 19.6. The van der Waals surface area contributed by atoms with Crippen LogP contribution in [0.3, 0.4) is 0 Å². The summed E-state index contributed by atoms with van der Waals surface area (Å²) < 4.78 is 18.9. The number of aliphatic hydroxyl groups excluding tert-OH is 1. The molecule has 3 aromatic rings. The first-order chi connectivity index (χ1) is 25.4. The average molecular weight is 728 g/mol. The molecule has 0 atom stereocenters. The van der Waals surface area contributed by atoms with Crippen LogP contribution in [0.5, 0.6) is 5.75 Å². The maximum atomic E-state index is 14.7. The molecule has 3 heterocycles. The summed E-state index contributed by atoms with van der Waals surface area (Å²) in [5, 5.41) is 13.6. The van der Waals surface area contributed by atoms with Crippen molar-refractivity contribution >= 4 is 17.8 Å². The summed E-state index contributed by atoms with van der Waals surface area (Å²) in [7, 11) is 1.73. The molecule has 4 aliphatic carbocycles. The number of methoxy groups -OCH3 is 1. The fourth-order valence-corrected chi connectivity index (χ4v) is 9.11. The van der Waals surface area contributed by atoms with E-state index in [4.69, 9.17) is 24.3 Å². The van der Waals surface area contributed by atoms with Gasteiger partial charge >= 0.3 is 6.09 Å². The zero-order chi connectivity index (χ0) is 37.4. The number of amides is 2. The van der Waals surface area contributed by atoms with Crippen molar-refractivity contribution in [3.05, 3.63) is 60.0 Å². The Morgan fingerprint density at radius 2 is 1.68 bits per heavy atom. The number of pyridine rings is 1. The zero-order valence-corrected chi connectivity index (χ0v) is 32.2. The van der Waals surface area contributed by atoms with Crippen molar-refractivity contribution in [2.75, 3.05) is 44.9 Å². The average Bonchev–Trinajstić information content (AvgIpc) is 3.66. The van der Waals surface area contributed by atoms with Crippen molar-refractivity contribution in [1.82, 2.24) is 19.7 Å². The summed E-state index contributed by atoms with van der Waals surface area (Å²) in [4.78, 5) is 36.0. The molecule has 0 spiro atoms. The van der Waals surface area contributed by atoms with Crippen molar-refractivity contribution in [1.29, 1.82) is 0 Å². The van der Waals surface area contributed by atoms with Gasteiger partial charge in [0.2, 0.25) is 5.91 Å². The van der Waals surface area contributed by atoms with Crippen molar-refractivity contribution in [2.45, 2.75) is 115 Å². The van der Waals surface area contributed by atoms with E-state index in [9.17, 15) is 9.59 Å². The third-order valence-corrected chi connectivity index (χ3v) is 12.6. The molecular weight excluding hydrogens is 670 g/mol. The van der Waals surface area contributed by atoms with E-state index < -0.39 is 0 Å². The summed E-state index contributed by atoms with van der Waals surface area (Å²) >= 11 is 0. The van der Waals surface area contributed by atoms with Crippen LogP contribution in [-0.2, 0) is 25.2 Å². The largest absolute Gasteiger partial charge is 0.496 e. The minimum Gasteiger partial charge on any atom is -0.496 e. The SMILES string of the molecule is COc1ccc(C23CCC(CN(C(=O)C4CCC(OC(=O)N5CC(OCCO)C5)CC4)c4cc(-c5cnn(C(C)(C)C)c5)ccn4)(CC2)CC3)cc1C. The monoisotopic (exact) mass is 727 g/mol. The van der Waals surface area contributed by atoms with E-state index in [-0.39, 0.29) is 59.7 Å². The number of aromatic nitrogens is 3. The van der Waals surface area contributed by atoms with E-state index in [0.29, 0.717) is 51.1 Å². The van der Waals surface area contributed by atoms with Gasteiger partial charge in [-0.2, -0.15) is 5.10 Å². The molecule has 286 valence electrons. The fraction of sp³-hybridized carbons (Fsp3) is 0.619. The van der Waals surface area contributed by atoms with Crippen molar-refractivity contribution in [2.24, 2.45) is 11.3 Å². The molecule has 5 fully saturated rings. The molecule has 8 rings (SSSR count). The summed E-state index contributed by atoms with van der Waals surface area (Å²) in [6, 6.07) is 10.8. The van der Waals surface area contributed by atoms with Gasteiger partial charge in [0.1, 0.15) is 17.7 Å². The molecule has 2 aromatic heterocycles. The molecule has 5 aliphatic rings. The van der Waals surface area contributed by atoms with Gasteiger partial charge in [-0.15, -0.1) is 0 Å². The van der Waals surface area contributed by atoms with E-state index in [1.807, 2.05) is 28.0 Å². The molecular formula is C42H57N5O6. The summed E-state index contributed by atoms with van der Waals surface area (Å²) in [5.41, 5.74) is 4.67. The topological polar surface area (TPSA) is 119 Å². The van der Waals surface area contributed by atoms with Crippen molar-refractivity contribution < 1.29 is 28.9 Å².